The topological polar surface area (TPSA) is 122 Å². The molecule has 1 rings (SSSR count). The van der Waals surface area contributed by atoms with Gasteiger partial charge in [0.05, 0.1) is 11.5 Å². The second-order valence-corrected chi connectivity index (χ2v) is 7.24. The second-order valence-electron chi connectivity index (χ2n) is 5.47. The van der Waals surface area contributed by atoms with E-state index in [0.717, 1.165) is 0 Å². The quantitative estimate of drug-likeness (QED) is 0.496. The number of sulfonamides is 1. The molecular weight excluding hydrogens is 348 g/mol. The molecule has 8 nitrogen and oxygen atoms in total. The Hall–Kier alpha value is -1.97. The summed E-state index contributed by atoms with van der Waals surface area (Å²) in [4.78, 5) is 22.7. The van der Waals surface area contributed by atoms with Crippen molar-refractivity contribution in [2.75, 3.05) is 26.8 Å². The van der Waals surface area contributed by atoms with Crippen LogP contribution in [0.1, 0.15) is 35.2 Å². The van der Waals surface area contributed by atoms with E-state index in [0.29, 0.717) is 24.9 Å². The fraction of sp³-hybridized carbons (Fsp3) is 0.500. The third-order valence-electron chi connectivity index (χ3n) is 3.47. The SMILES string of the molecule is COCCNS(=O)(=O)c1ccc(C)c(C(=O)NCCCCC(=O)O)c1. The molecule has 0 spiro atoms. The smallest absolute Gasteiger partial charge is 0.303 e. The number of carboxylic acids is 1. The number of aliphatic carboxylic acids is 1. The van der Waals surface area contributed by atoms with E-state index in [1.54, 1.807) is 13.0 Å². The first-order valence-corrected chi connectivity index (χ1v) is 9.35. The summed E-state index contributed by atoms with van der Waals surface area (Å²) in [7, 11) is -2.25. The zero-order valence-corrected chi connectivity index (χ0v) is 15.2. The van der Waals surface area contributed by atoms with Gasteiger partial charge in [-0.3, -0.25) is 9.59 Å². The molecular formula is C16H24N2O6S. The molecule has 0 unspecified atom stereocenters. The minimum absolute atomic E-state index is 0.00484. The Morgan fingerprint density at radius 1 is 1.20 bits per heavy atom. The zero-order chi connectivity index (χ0) is 18.9. The highest BCUT2D eigenvalue weighted by atomic mass is 32.2. The van der Waals surface area contributed by atoms with Crippen LogP contribution in [-0.4, -0.2) is 52.2 Å². The van der Waals surface area contributed by atoms with Gasteiger partial charge in [0.25, 0.3) is 5.91 Å². The molecule has 0 saturated carbocycles. The fourth-order valence-corrected chi connectivity index (χ4v) is 3.11. The second kappa shape index (κ2) is 10.1. The minimum Gasteiger partial charge on any atom is -0.481 e. The van der Waals surface area contributed by atoms with E-state index < -0.39 is 16.0 Å². The number of methoxy groups -OCH3 is 1. The first-order valence-electron chi connectivity index (χ1n) is 7.87. The minimum atomic E-state index is -3.72. The summed E-state index contributed by atoms with van der Waals surface area (Å²) in [6.07, 6.45) is 1.05. The van der Waals surface area contributed by atoms with Gasteiger partial charge in [0, 0.05) is 32.2 Å². The van der Waals surface area contributed by atoms with Crippen LogP contribution < -0.4 is 10.0 Å². The predicted molar refractivity (Wildman–Crippen MR) is 92.1 cm³/mol. The molecule has 140 valence electrons. The number of hydrogen-bond acceptors (Lipinski definition) is 5. The third-order valence-corrected chi connectivity index (χ3v) is 4.92. The van der Waals surface area contributed by atoms with Gasteiger partial charge in [0.15, 0.2) is 0 Å². The number of ether oxygens (including phenoxy) is 1. The van der Waals surface area contributed by atoms with Gasteiger partial charge >= 0.3 is 5.97 Å². The summed E-state index contributed by atoms with van der Waals surface area (Å²) in [5.41, 5.74) is 0.923. The number of unbranched alkanes of at least 4 members (excludes halogenated alkanes) is 1. The number of aryl methyl sites for hydroxylation is 1. The number of amides is 1. The van der Waals surface area contributed by atoms with Gasteiger partial charge in [-0.1, -0.05) is 6.07 Å². The summed E-state index contributed by atoms with van der Waals surface area (Å²) >= 11 is 0. The predicted octanol–water partition coefficient (Wildman–Crippen LogP) is 0.904. The average molecular weight is 372 g/mol. The average Bonchev–Trinajstić information content (AvgIpc) is 2.54. The number of hydrogen-bond donors (Lipinski definition) is 3. The first kappa shape index (κ1) is 21.1. The van der Waals surface area contributed by atoms with E-state index in [9.17, 15) is 18.0 Å². The van der Waals surface area contributed by atoms with Crippen LogP contribution in [0, 0.1) is 6.92 Å². The summed E-state index contributed by atoms with van der Waals surface area (Å²) in [6.45, 7) is 2.43. The molecule has 3 N–H and O–H groups in total. The van der Waals surface area contributed by atoms with Crippen molar-refractivity contribution in [2.24, 2.45) is 0 Å². The monoisotopic (exact) mass is 372 g/mol. The maximum atomic E-state index is 12.2. The van der Waals surface area contributed by atoms with Gasteiger partial charge in [0.2, 0.25) is 10.0 Å². The van der Waals surface area contributed by atoms with Crippen molar-refractivity contribution in [1.82, 2.24) is 10.0 Å². The Morgan fingerprint density at radius 2 is 1.92 bits per heavy atom. The summed E-state index contributed by atoms with van der Waals surface area (Å²) in [5.74, 6) is -1.26. The Labute approximate surface area is 147 Å². The van der Waals surface area contributed by atoms with Crippen LogP contribution in [0.15, 0.2) is 23.1 Å². The molecule has 25 heavy (non-hydrogen) atoms. The van der Waals surface area contributed by atoms with Crippen LogP contribution in [0.5, 0.6) is 0 Å². The largest absolute Gasteiger partial charge is 0.481 e. The molecule has 1 amide bonds. The van der Waals surface area contributed by atoms with E-state index in [1.807, 2.05) is 0 Å². The molecule has 0 fully saturated rings. The number of benzene rings is 1. The molecule has 0 bridgehead atoms. The Morgan fingerprint density at radius 3 is 2.56 bits per heavy atom. The van der Waals surface area contributed by atoms with Crippen LogP contribution in [0.2, 0.25) is 0 Å². The van der Waals surface area contributed by atoms with Crippen molar-refractivity contribution < 1.29 is 27.9 Å². The molecule has 0 saturated heterocycles. The lowest BCUT2D eigenvalue weighted by Crippen LogP contribution is -2.28. The highest BCUT2D eigenvalue weighted by molar-refractivity contribution is 7.89. The molecule has 0 aliphatic carbocycles. The van der Waals surface area contributed by atoms with Crippen LogP contribution in [0.25, 0.3) is 0 Å². The number of carbonyl (C=O) groups is 2. The number of rotatable bonds is 11. The van der Waals surface area contributed by atoms with Crippen LogP contribution in [0.3, 0.4) is 0 Å². The lowest BCUT2D eigenvalue weighted by Gasteiger charge is -2.11. The van der Waals surface area contributed by atoms with Crippen molar-refractivity contribution in [1.29, 1.82) is 0 Å². The fourth-order valence-electron chi connectivity index (χ4n) is 2.07. The van der Waals surface area contributed by atoms with Crippen LogP contribution in [0.4, 0.5) is 0 Å². The van der Waals surface area contributed by atoms with Crippen LogP contribution in [-0.2, 0) is 19.6 Å². The summed E-state index contributed by atoms with van der Waals surface area (Å²) in [5, 5.41) is 11.2. The molecule has 0 atom stereocenters. The maximum absolute atomic E-state index is 12.2. The molecule has 0 radical (unpaired) electrons. The van der Waals surface area contributed by atoms with Crippen molar-refractivity contribution >= 4 is 21.9 Å². The van der Waals surface area contributed by atoms with E-state index in [4.69, 9.17) is 9.84 Å². The Balaban J connectivity index is 2.73. The van der Waals surface area contributed by atoms with E-state index in [2.05, 4.69) is 10.0 Å². The third kappa shape index (κ3) is 7.20. The molecule has 1 aromatic rings. The van der Waals surface area contributed by atoms with Crippen LogP contribution >= 0.6 is 0 Å². The van der Waals surface area contributed by atoms with Crippen molar-refractivity contribution in [3.05, 3.63) is 29.3 Å². The lowest BCUT2D eigenvalue weighted by molar-refractivity contribution is -0.137. The van der Waals surface area contributed by atoms with Gasteiger partial charge in [-0.2, -0.15) is 0 Å². The molecule has 9 heteroatoms. The van der Waals surface area contributed by atoms with Gasteiger partial charge in [-0.05, 0) is 37.5 Å². The van der Waals surface area contributed by atoms with Crippen molar-refractivity contribution in [3.63, 3.8) is 0 Å². The number of nitrogens with one attached hydrogen (secondary N) is 2. The highest BCUT2D eigenvalue weighted by Gasteiger charge is 2.17. The van der Waals surface area contributed by atoms with Gasteiger partial charge in [-0.25, -0.2) is 13.1 Å². The molecule has 1 aromatic carbocycles. The first-order chi connectivity index (χ1) is 11.8. The molecule has 0 aliphatic rings. The Bertz CT molecular complexity index is 703. The molecule has 0 aromatic heterocycles. The maximum Gasteiger partial charge on any atom is 0.303 e. The van der Waals surface area contributed by atoms with Gasteiger partial charge in [0.1, 0.15) is 0 Å². The standard InChI is InChI=1S/C16H24N2O6S/c1-12-6-7-13(25(22,23)18-9-10-24-2)11-14(12)16(21)17-8-4-3-5-15(19)20/h6-7,11,18H,3-5,8-10H2,1-2H3,(H,17,21)(H,19,20). The van der Waals surface area contributed by atoms with E-state index in [1.165, 1.54) is 19.2 Å². The van der Waals surface area contributed by atoms with Crippen molar-refractivity contribution in [2.45, 2.75) is 31.1 Å². The summed E-state index contributed by atoms with van der Waals surface area (Å²) < 4.78 is 31.6. The van der Waals surface area contributed by atoms with E-state index in [-0.39, 0.29) is 35.9 Å². The van der Waals surface area contributed by atoms with Gasteiger partial charge in [-0.15, -0.1) is 0 Å². The van der Waals surface area contributed by atoms with Crippen molar-refractivity contribution in [3.8, 4) is 0 Å². The van der Waals surface area contributed by atoms with E-state index >= 15 is 0 Å². The number of carbonyl (C=O) groups excluding carboxylic acids is 1. The normalized spacial score (nSPS) is 11.3. The molecule has 0 aliphatic heterocycles. The zero-order valence-electron chi connectivity index (χ0n) is 14.4. The Kier molecular flexibility index (Phi) is 8.53. The lowest BCUT2D eigenvalue weighted by atomic mass is 10.1. The highest BCUT2D eigenvalue weighted by Crippen LogP contribution is 2.15. The van der Waals surface area contributed by atoms with Gasteiger partial charge < -0.3 is 15.2 Å². The number of carboxylic acid groups (broad SMARTS) is 1. The summed E-state index contributed by atoms with van der Waals surface area (Å²) in [6, 6.07) is 4.34. The molecule has 0 heterocycles.